The highest BCUT2D eigenvalue weighted by molar-refractivity contribution is 6.44. The number of carbonyl (C=O) groups is 4. The van der Waals surface area contributed by atoms with E-state index in [-0.39, 0.29) is 13.0 Å². The zero-order valence-corrected chi connectivity index (χ0v) is 7.52. The maximum atomic E-state index is 11.2. The fraction of sp³-hybridized carbons (Fsp3) is 0.429. The topological polar surface area (TPSA) is 101 Å². The molecule has 0 aromatic carbocycles. The van der Waals surface area contributed by atoms with E-state index >= 15 is 0 Å². The van der Waals surface area contributed by atoms with Crippen LogP contribution in [0.3, 0.4) is 0 Å². The van der Waals surface area contributed by atoms with E-state index in [9.17, 15) is 19.2 Å². The van der Waals surface area contributed by atoms with Gasteiger partial charge in [0.05, 0.1) is 0 Å². The number of carbonyl (C=O) groups excluding carboxylic acids is 4. The summed E-state index contributed by atoms with van der Waals surface area (Å²) in [5, 5.41) is 0. The Hall–Kier alpha value is -1.92. The van der Waals surface area contributed by atoms with Crippen LogP contribution in [-0.2, 0) is 14.4 Å². The van der Waals surface area contributed by atoms with Crippen molar-refractivity contribution in [2.45, 2.75) is 6.42 Å². The molecule has 7 nitrogen and oxygen atoms in total. The van der Waals surface area contributed by atoms with Gasteiger partial charge in [-0.15, -0.1) is 0 Å². The van der Waals surface area contributed by atoms with Crippen LogP contribution in [0.5, 0.6) is 0 Å². The molecule has 0 aromatic rings. The Morgan fingerprint density at radius 3 is 2.21 bits per heavy atom. The molecule has 2 N–H and O–H groups in total. The van der Waals surface area contributed by atoms with Gasteiger partial charge in [-0.3, -0.25) is 24.2 Å². The van der Waals surface area contributed by atoms with Crippen LogP contribution in [0.1, 0.15) is 6.42 Å². The first-order chi connectivity index (χ1) is 6.45. The van der Waals surface area contributed by atoms with Gasteiger partial charge in [-0.05, 0) is 0 Å². The van der Waals surface area contributed by atoms with Crippen LogP contribution in [0.2, 0.25) is 0 Å². The highest BCUT2D eigenvalue weighted by Gasteiger charge is 2.41. The molecule has 0 unspecified atom stereocenters. The summed E-state index contributed by atoms with van der Waals surface area (Å²) in [7, 11) is 1.20. The van der Waals surface area contributed by atoms with Crippen molar-refractivity contribution in [3.05, 3.63) is 0 Å². The molecule has 0 radical (unpaired) electrons. The van der Waals surface area contributed by atoms with Gasteiger partial charge in [0.15, 0.2) is 0 Å². The van der Waals surface area contributed by atoms with Crippen LogP contribution in [-0.4, -0.2) is 47.1 Å². The van der Waals surface area contributed by atoms with Crippen LogP contribution >= 0.6 is 0 Å². The Morgan fingerprint density at radius 1 is 1.29 bits per heavy atom. The molecule has 1 aliphatic heterocycles. The third-order valence-corrected chi connectivity index (χ3v) is 1.83. The Morgan fingerprint density at radius 2 is 1.86 bits per heavy atom. The molecule has 0 spiro atoms. The van der Waals surface area contributed by atoms with Gasteiger partial charge in [0.25, 0.3) is 0 Å². The van der Waals surface area contributed by atoms with Gasteiger partial charge in [0, 0.05) is 20.0 Å². The maximum absolute atomic E-state index is 11.2. The van der Waals surface area contributed by atoms with Crippen LogP contribution in [0, 0.1) is 0 Å². The van der Waals surface area contributed by atoms with Crippen LogP contribution < -0.4 is 5.73 Å². The summed E-state index contributed by atoms with van der Waals surface area (Å²) >= 11 is 0. The molecule has 1 heterocycles. The first kappa shape index (κ1) is 10.2. The van der Waals surface area contributed by atoms with Crippen molar-refractivity contribution in [3.8, 4) is 0 Å². The van der Waals surface area contributed by atoms with E-state index in [2.05, 4.69) is 0 Å². The molecule has 14 heavy (non-hydrogen) atoms. The first-order valence-electron chi connectivity index (χ1n) is 3.87. The van der Waals surface area contributed by atoms with E-state index in [0.717, 1.165) is 0 Å². The number of primary amides is 1. The standard InChI is InChI=1S/C7H9N3O4/c1-9-5(12)6(13)10(7(9)14)3-2-4(8)11/h2-3H2,1H3,(H2,8,11). The zero-order chi connectivity index (χ0) is 10.9. The Labute approximate surface area is 79.4 Å². The fourth-order valence-electron chi connectivity index (χ4n) is 1.03. The first-order valence-corrected chi connectivity index (χ1v) is 3.87. The van der Waals surface area contributed by atoms with E-state index < -0.39 is 23.8 Å². The molecule has 5 amide bonds. The van der Waals surface area contributed by atoms with Crippen LogP contribution in [0.25, 0.3) is 0 Å². The molecule has 7 heteroatoms. The van der Waals surface area contributed by atoms with E-state index in [1.807, 2.05) is 0 Å². The SMILES string of the molecule is CN1C(=O)C(=O)N(CCC(N)=O)C1=O. The molecule has 1 aliphatic rings. The number of nitrogens with two attached hydrogens (primary N) is 1. The molecule has 1 saturated heterocycles. The average molecular weight is 199 g/mol. The van der Waals surface area contributed by atoms with E-state index in [4.69, 9.17) is 5.73 Å². The third kappa shape index (κ3) is 1.56. The predicted molar refractivity (Wildman–Crippen MR) is 43.7 cm³/mol. The van der Waals surface area contributed by atoms with Gasteiger partial charge >= 0.3 is 17.8 Å². The van der Waals surface area contributed by atoms with Gasteiger partial charge in [-0.25, -0.2) is 4.79 Å². The van der Waals surface area contributed by atoms with Crippen molar-refractivity contribution >= 4 is 23.8 Å². The second kappa shape index (κ2) is 3.44. The number of hydrogen-bond acceptors (Lipinski definition) is 4. The Kier molecular flexibility index (Phi) is 2.50. The lowest BCUT2D eigenvalue weighted by molar-refractivity contribution is -0.143. The molecular formula is C7H9N3O4. The summed E-state index contributed by atoms with van der Waals surface area (Å²) < 4.78 is 0. The third-order valence-electron chi connectivity index (χ3n) is 1.83. The highest BCUT2D eigenvalue weighted by Crippen LogP contribution is 2.09. The van der Waals surface area contributed by atoms with Crippen molar-refractivity contribution < 1.29 is 19.2 Å². The highest BCUT2D eigenvalue weighted by atomic mass is 16.2. The Balaban J connectivity index is 2.71. The van der Waals surface area contributed by atoms with Crippen molar-refractivity contribution in [2.75, 3.05) is 13.6 Å². The fourth-order valence-corrected chi connectivity index (χ4v) is 1.03. The largest absolute Gasteiger partial charge is 0.370 e. The Bertz CT molecular complexity index is 325. The normalized spacial score (nSPS) is 16.8. The lowest BCUT2D eigenvalue weighted by Gasteiger charge is -2.10. The second-order valence-electron chi connectivity index (χ2n) is 2.82. The van der Waals surface area contributed by atoms with E-state index in [1.165, 1.54) is 7.05 Å². The number of nitrogens with zero attached hydrogens (tertiary/aromatic N) is 2. The van der Waals surface area contributed by atoms with Gasteiger partial charge < -0.3 is 5.73 Å². The minimum Gasteiger partial charge on any atom is -0.370 e. The minimum absolute atomic E-state index is 0.140. The van der Waals surface area contributed by atoms with E-state index in [1.54, 1.807) is 0 Å². The number of likely N-dealkylation sites (N-methyl/N-ethyl adjacent to an activating group) is 1. The zero-order valence-electron chi connectivity index (χ0n) is 7.52. The number of imide groups is 2. The quantitative estimate of drug-likeness (QED) is 0.431. The van der Waals surface area contributed by atoms with Crippen molar-refractivity contribution in [2.24, 2.45) is 5.73 Å². The molecular weight excluding hydrogens is 190 g/mol. The molecule has 0 atom stereocenters. The summed E-state index contributed by atoms with van der Waals surface area (Å²) in [5.41, 5.74) is 4.84. The van der Waals surface area contributed by atoms with Crippen LogP contribution in [0.4, 0.5) is 4.79 Å². The second-order valence-corrected chi connectivity index (χ2v) is 2.82. The number of amides is 5. The van der Waals surface area contributed by atoms with Crippen molar-refractivity contribution in [1.82, 2.24) is 9.80 Å². The molecule has 76 valence electrons. The predicted octanol–water partition coefficient (Wildman–Crippen LogP) is -1.72. The smallest absolute Gasteiger partial charge is 0.333 e. The average Bonchev–Trinajstić information content (AvgIpc) is 2.29. The van der Waals surface area contributed by atoms with Gasteiger partial charge in [0.1, 0.15) is 0 Å². The molecule has 1 rings (SSSR count). The number of hydrogen-bond donors (Lipinski definition) is 1. The van der Waals surface area contributed by atoms with Crippen molar-refractivity contribution in [3.63, 3.8) is 0 Å². The van der Waals surface area contributed by atoms with Crippen LogP contribution in [0.15, 0.2) is 0 Å². The molecule has 0 saturated carbocycles. The minimum atomic E-state index is -0.918. The van der Waals surface area contributed by atoms with Gasteiger partial charge in [-0.2, -0.15) is 0 Å². The molecule has 0 aliphatic carbocycles. The monoisotopic (exact) mass is 199 g/mol. The lowest BCUT2D eigenvalue weighted by atomic mass is 10.4. The summed E-state index contributed by atoms with van der Waals surface area (Å²) in [6.07, 6.45) is -0.140. The summed E-state index contributed by atoms with van der Waals surface area (Å²) in [6, 6.07) is -0.721. The van der Waals surface area contributed by atoms with Crippen molar-refractivity contribution in [1.29, 1.82) is 0 Å². The lowest BCUT2D eigenvalue weighted by Crippen LogP contribution is -2.34. The maximum Gasteiger partial charge on any atom is 0.333 e. The molecule has 0 aromatic heterocycles. The summed E-state index contributed by atoms with van der Waals surface area (Å²) in [4.78, 5) is 45.1. The summed E-state index contributed by atoms with van der Waals surface area (Å²) in [6.45, 7) is -0.150. The molecule has 1 fully saturated rings. The van der Waals surface area contributed by atoms with Gasteiger partial charge in [-0.1, -0.05) is 0 Å². The number of rotatable bonds is 3. The summed E-state index contributed by atoms with van der Waals surface area (Å²) in [5.74, 6) is -2.44. The molecule has 0 bridgehead atoms. The van der Waals surface area contributed by atoms with E-state index in [0.29, 0.717) is 9.80 Å². The van der Waals surface area contributed by atoms with Gasteiger partial charge in [0.2, 0.25) is 5.91 Å². The number of urea groups is 1.